The van der Waals surface area contributed by atoms with E-state index in [-0.39, 0.29) is 5.91 Å². The van der Waals surface area contributed by atoms with E-state index in [0.29, 0.717) is 13.1 Å². The third kappa shape index (κ3) is 5.08. The molecule has 1 saturated heterocycles. The van der Waals surface area contributed by atoms with Crippen LogP contribution >= 0.6 is 0 Å². The Hall–Kier alpha value is -1.85. The maximum absolute atomic E-state index is 11.8. The fourth-order valence-corrected chi connectivity index (χ4v) is 2.77. The largest absolute Gasteiger partial charge is 0.497 e. The van der Waals surface area contributed by atoms with E-state index in [9.17, 15) is 9.90 Å². The van der Waals surface area contributed by atoms with E-state index in [4.69, 9.17) is 4.74 Å². The highest BCUT2D eigenvalue weighted by Crippen LogP contribution is 2.15. The van der Waals surface area contributed by atoms with Gasteiger partial charge in [-0.25, -0.2) is 0 Å². The van der Waals surface area contributed by atoms with Gasteiger partial charge in [0.15, 0.2) is 0 Å². The minimum Gasteiger partial charge on any atom is -0.497 e. The maximum atomic E-state index is 11.8. The lowest BCUT2D eigenvalue weighted by molar-refractivity contribution is -0.140. The van der Waals surface area contributed by atoms with Crippen LogP contribution in [0.2, 0.25) is 0 Å². The summed E-state index contributed by atoms with van der Waals surface area (Å²) < 4.78 is 5.16. The number of carbonyl (C=O) groups is 1. The zero-order valence-electron chi connectivity index (χ0n) is 14.2. The Morgan fingerprint density at radius 3 is 2.39 bits per heavy atom. The number of benzene rings is 1. The third-order valence-corrected chi connectivity index (χ3v) is 4.04. The molecule has 5 heteroatoms. The maximum Gasteiger partial charge on any atom is 0.251 e. The molecule has 0 bridgehead atoms. The van der Waals surface area contributed by atoms with Gasteiger partial charge in [-0.3, -0.25) is 9.69 Å². The van der Waals surface area contributed by atoms with Crippen molar-refractivity contribution in [2.75, 3.05) is 39.8 Å². The normalized spacial score (nSPS) is 17.9. The van der Waals surface area contributed by atoms with Crippen molar-refractivity contribution in [3.8, 4) is 5.75 Å². The highest BCUT2D eigenvalue weighted by molar-refractivity contribution is 5.80. The summed E-state index contributed by atoms with van der Waals surface area (Å²) in [5, 5.41) is 9.36. The first-order valence-electron chi connectivity index (χ1n) is 8.00. The summed E-state index contributed by atoms with van der Waals surface area (Å²) in [6.45, 7) is 7.58. The lowest BCUT2D eigenvalue weighted by Crippen LogP contribution is -2.51. The first-order valence-corrected chi connectivity index (χ1v) is 8.00. The molecule has 1 amide bonds. The van der Waals surface area contributed by atoms with Crippen LogP contribution < -0.4 is 4.74 Å². The van der Waals surface area contributed by atoms with E-state index >= 15 is 0 Å². The number of amides is 1. The Balaban J connectivity index is 1.85. The van der Waals surface area contributed by atoms with E-state index in [1.54, 1.807) is 12.0 Å². The number of ether oxygens (including phenoxy) is 1. The Bertz CT molecular complexity index is 544. The quantitative estimate of drug-likeness (QED) is 0.896. The summed E-state index contributed by atoms with van der Waals surface area (Å²) in [6, 6.07) is 8.00. The van der Waals surface area contributed by atoms with Crippen LogP contribution in [0.5, 0.6) is 5.75 Å². The molecule has 0 spiro atoms. The lowest BCUT2D eigenvalue weighted by atomic mass is 10.1. The summed E-state index contributed by atoms with van der Waals surface area (Å²) in [7, 11) is 1.66. The van der Waals surface area contributed by atoms with E-state index in [2.05, 4.69) is 17.9 Å². The smallest absolute Gasteiger partial charge is 0.251 e. The summed E-state index contributed by atoms with van der Waals surface area (Å²) in [6.07, 6.45) is 1.27. The molecule has 126 valence electrons. The summed E-state index contributed by atoms with van der Waals surface area (Å²) in [4.78, 5) is 15.8. The fourth-order valence-electron chi connectivity index (χ4n) is 2.77. The molecule has 0 radical (unpaired) electrons. The third-order valence-electron chi connectivity index (χ3n) is 4.04. The van der Waals surface area contributed by atoms with Crippen molar-refractivity contribution in [2.45, 2.75) is 20.0 Å². The van der Waals surface area contributed by atoms with Gasteiger partial charge in [-0.1, -0.05) is 23.8 Å². The molecule has 23 heavy (non-hydrogen) atoms. The minimum atomic E-state index is -0.904. The monoisotopic (exact) mass is 318 g/mol. The van der Waals surface area contributed by atoms with Gasteiger partial charge in [0.25, 0.3) is 5.91 Å². The molecule has 1 aliphatic heterocycles. The second-order valence-electron chi connectivity index (χ2n) is 6.04. The number of piperazine rings is 1. The van der Waals surface area contributed by atoms with Gasteiger partial charge in [-0.2, -0.15) is 0 Å². The Labute approximate surface area is 138 Å². The molecule has 1 aromatic rings. The number of methoxy groups -OCH3 is 1. The van der Waals surface area contributed by atoms with Crippen molar-refractivity contribution in [3.63, 3.8) is 0 Å². The SMILES string of the molecule is COc1ccc(/C=C(/C)CN2CCN(C(=O)C(C)O)CC2)cc1. The average molecular weight is 318 g/mol. The second-order valence-corrected chi connectivity index (χ2v) is 6.04. The van der Waals surface area contributed by atoms with Crippen molar-refractivity contribution < 1.29 is 14.6 Å². The summed E-state index contributed by atoms with van der Waals surface area (Å²) in [5.41, 5.74) is 2.44. The first kappa shape index (κ1) is 17.5. The van der Waals surface area contributed by atoms with Gasteiger partial charge in [0, 0.05) is 32.7 Å². The number of aliphatic hydroxyl groups excluding tert-OH is 1. The van der Waals surface area contributed by atoms with Gasteiger partial charge in [-0.15, -0.1) is 0 Å². The topological polar surface area (TPSA) is 53.0 Å². The predicted octanol–water partition coefficient (Wildman–Crippen LogP) is 1.62. The van der Waals surface area contributed by atoms with Crippen LogP contribution in [0, 0.1) is 0 Å². The zero-order valence-corrected chi connectivity index (χ0v) is 14.2. The molecular formula is C18H26N2O3. The van der Waals surface area contributed by atoms with Crippen LogP contribution in [0.3, 0.4) is 0 Å². The molecule has 1 fully saturated rings. The number of hydrogen-bond acceptors (Lipinski definition) is 4. The number of hydrogen-bond donors (Lipinski definition) is 1. The number of carbonyl (C=O) groups excluding carboxylic acids is 1. The Kier molecular flexibility index (Phi) is 6.19. The van der Waals surface area contributed by atoms with Crippen molar-refractivity contribution in [1.29, 1.82) is 0 Å². The fraction of sp³-hybridized carbons (Fsp3) is 0.500. The van der Waals surface area contributed by atoms with E-state index < -0.39 is 6.10 Å². The highest BCUT2D eigenvalue weighted by atomic mass is 16.5. The molecule has 1 unspecified atom stereocenters. The highest BCUT2D eigenvalue weighted by Gasteiger charge is 2.23. The van der Waals surface area contributed by atoms with Crippen LogP contribution in [-0.2, 0) is 4.79 Å². The molecule has 0 aliphatic carbocycles. The van der Waals surface area contributed by atoms with Crippen LogP contribution in [0.25, 0.3) is 6.08 Å². The van der Waals surface area contributed by atoms with E-state index in [0.717, 1.165) is 30.9 Å². The van der Waals surface area contributed by atoms with Gasteiger partial charge in [-0.05, 0) is 31.5 Å². The van der Waals surface area contributed by atoms with Crippen LogP contribution in [0.1, 0.15) is 19.4 Å². The number of nitrogens with zero attached hydrogens (tertiary/aromatic N) is 2. The minimum absolute atomic E-state index is 0.171. The standard InChI is InChI=1S/C18H26N2O3/c1-14(12-16-4-6-17(23-3)7-5-16)13-19-8-10-20(11-9-19)18(22)15(2)21/h4-7,12,15,21H,8-11,13H2,1-3H3/b14-12-. The molecule has 1 aliphatic rings. The van der Waals surface area contributed by atoms with Crippen molar-refractivity contribution in [2.24, 2.45) is 0 Å². The molecule has 1 N–H and O–H groups in total. The van der Waals surface area contributed by atoms with Gasteiger partial charge in [0.1, 0.15) is 11.9 Å². The molecule has 0 saturated carbocycles. The molecule has 2 rings (SSSR count). The van der Waals surface area contributed by atoms with Gasteiger partial charge in [0.2, 0.25) is 0 Å². The Morgan fingerprint density at radius 2 is 1.87 bits per heavy atom. The van der Waals surface area contributed by atoms with Crippen molar-refractivity contribution >= 4 is 12.0 Å². The van der Waals surface area contributed by atoms with Gasteiger partial charge < -0.3 is 14.7 Å². The summed E-state index contributed by atoms with van der Waals surface area (Å²) in [5.74, 6) is 0.689. The molecule has 0 aromatic heterocycles. The second kappa shape index (κ2) is 8.13. The predicted molar refractivity (Wildman–Crippen MR) is 91.3 cm³/mol. The first-order chi connectivity index (χ1) is 11.0. The van der Waals surface area contributed by atoms with Crippen molar-refractivity contribution in [3.05, 3.63) is 35.4 Å². The molecule has 1 atom stereocenters. The van der Waals surface area contributed by atoms with Crippen LogP contribution in [-0.4, -0.2) is 66.8 Å². The molecule has 5 nitrogen and oxygen atoms in total. The lowest BCUT2D eigenvalue weighted by Gasteiger charge is -2.35. The molecular weight excluding hydrogens is 292 g/mol. The average Bonchev–Trinajstić information content (AvgIpc) is 2.55. The molecule has 1 heterocycles. The van der Waals surface area contributed by atoms with Crippen LogP contribution in [0.15, 0.2) is 29.8 Å². The molecule has 1 aromatic carbocycles. The van der Waals surface area contributed by atoms with E-state index in [1.165, 1.54) is 12.5 Å². The van der Waals surface area contributed by atoms with Gasteiger partial charge >= 0.3 is 0 Å². The van der Waals surface area contributed by atoms with Gasteiger partial charge in [0.05, 0.1) is 7.11 Å². The summed E-state index contributed by atoms with van der Waals surface area (Å²) >= 11 is 0. The van der Waals surface area contributed by atoms with Crippen molar-refractivity contribution in [1.82, 2.24) is 9.80 Å². The van der Waals surface area contributed by atoms with E-state index in [1.807, 2.05) is 24.3 Å². The number of aliphatic hydroxyl groups is 1. The Morgan fingerprint density at radius 1 is 1.26 bits per heavy atom. The van der Waals surface area contributed by atoms with Crippen LogP contribution in [0.4, 0.5) is 0 Å². The zero-order chi connectivity index (χ0) is 16.8. The number of rotatable bonds is 5.